The number of hydrogen-bond acceptors (Lipinski definition) is 7. The van der Waals surface area contributed by atoms with Crippen LogP contribution in [-0.2, 0) is 16.1 Å². The molecule has 0 bridgehead atoms. The van der Waals surface area contributed by atoms with Gasteiger partial charge in [-0.05, 0) is 25.8 Å². The van der Waals surface area contributed by atoms with Crippen LogP contribution in [-0.4, -0.2) is 64.7 Å². The van der Waals surface area contributed by atoms with Gasteiger partial charge in [-0.15, -0.1) is 0 Å². The van der Waals surface area contributed by atoms with Gasteiger partial charge in [0.2, 0.25) is 5.89 Å². The molecule has 0 N–H and O–H groups in total. The van der Waals surface area contributed by atoms with Crippen molar-refractivity contribution in [2.45, 2.75) is 44.2 Å². The Hall–Kier alpha value is -1.47. The molecule has 1 atom stereocenters. The van der Waals surface area contributed by atoms with E-state index in [1.807, 2.05) is 0 Å². The summed E-state index contributed by atoms with van der Waals surface area (Å²) in [6, 6.07) is -0.0356. The minimum absolute atomic E-state index is 0.0356. The summed E-state index contributed by atoms with van der Waals surface area (Å²) in [5.41, 5.74) is 0. The van der Waals surface area contributed by atoms with Crippen LogP contribution in [0.3, 0.4) is 0 Å². The van der Waals surface area contributed by atoms with Gasteiger partial charge in [0.1, 0.15) is 6.04 Å². The summed E-state index contributed by atoms with van der Waals surface area (Å²) < 4.78 is 10.4. The highest BCUT2D eigenvalue weighted by molar-refractivity contribution is 5.77. The Morgan fingerprint density at radius 3 is 2.82 bits per heavy atom. The molecule has 2 saturated heterocycles. The van der Waals surface area contributed by atoms with E-state index in [0.717, 1.165) is 57.3 Å². The molecule has 3 heterocycles. The van der Waals surface area contributed by atoms with Crippen molar-refractivity contribution < 1.29 is 14.1 Å². The van der Waals surface area contributed by atoms with Crippen molar-refractivity contribution in [3.63, 3.8) is 0 Å². The second-order valence-electron chi connectivity index (χ2n) is 6.46. The van der Waals surface area contributed by atoms with Gasteiger partial charge in [-0.25, -0.2) is 0 Å². The summed E-state index contributed by atoms with van der Waals surface area (Å²) in [5, 5.41) is 4.10. The standard InChI is InChI=1S/C15H22N4O3/c20-15-12(4-9-21-15)19-6-1-5-18(7-8-19)10-13-16-14(22-17-13)11-2-3-11/h11-12H,1-10H2/t12-/m0/s1. The average molecular weight is 306 g/mol. The minimum atomic E-state index is -0.0549. The van der Waals surface area contributed by atoms with Gasteiger partial charge in [-0.2, -0.15) is 4.98 Å². The number of rotatable bonds is 4. The van der Waals surface area contributed by atoms with E-state index < -0.39 is 0 Å². The highest BCUT2D eigenvalue weighted by atomic mass is 16.5. The molecular weight excluding hydrogens is 284 g/mol. The van der Waals surface area contributed by atoms with Crippen molar-refractivity contribution in [2.75, 3.05) is 32.8 Å². The molecule has 22 heavy (non-hydrogen) atoms. The lowest BCUT2D eigenvalue weighted by molar-refractivity contribution is -0.142. The number of carbonyl (C=O) groups is 1. The molecule has 3 fully saturated rings. The Labute approximate surface area is 129 Å². The van der Waals surface area contributed by atoms with Crippen molar-refractivity contribution in [1.82, 2.24) is 19.9 Å². The van der Waals surface area contributed by atoms with Crippen molar-refractivity contribution in [3.05, 3.63) is 11.7 Å². The van der Waals surface area contributed by atoms with Gasteiger partial charge in [-0.1, -0.05) is 5.16 Å². The summed E-state index contributed by atoms with van der Waals surface area (Å²) >= 11 is 0. The van der Waals surface area contributed by atoms with E-state index in [0.29, 0.717) is 12.5 Å². The Bertz CT molecular complexity index is 543. The van der Waals surface area contributed by atoms with Crippen LogP contribution in [0.2, 0.25) is 0 Å². The van der Waals surface area contributed by atoms with Crippen LogP contribution in [0, 0.1) is 0 Å². The maximum Gasteiger partial charge on any atom is 0.323 e. The molecule has 0 unspecified atom stereocenters. The maximum absolute atomic E-state index is 11.7. The van der Waals surface area contributed by atoms with Gasteiger partial charge in [-0.3, -0.25) is 14.6 Å². The molecule has 1 saturated carbocycles. The minimum Gasteiger partial charge on any atom is -0.464 e. The molecule has 3 aliphatic rings. The number of aromatic nitrogens is 2. The number of carbonyl (C=O) groups excluding carboxylic acids is 1. The van der Waals surface area contributed by atoms with Crippen LogP contribution in [0.15, 0.2) is 4.52 Å². The molecule has 1 aromatic heterocycles. The number of cyclic esters (lactones) is 1. The quantitative estimate of drug-likeness (QED) is 0.761. The fourth-order valence-corrected chi connectivity index (χ4v) is 3.31. The summed E-state index contributed by atoms with van der Waals surface area (Å²) in [4.78, 5) is 20.8. The molecule has 0 amide bonds. The van der Waals surface area contributed by atoms with Gasteiger partial charge in [0, 0.05) is 32.0 Å². The molecule has 1 aliphatic carbocycles. The first-order chi connectivity index (χ1) is 10.8. The van der Waals surface area contributed by atoms with E-state index >= 15 is 0 Å². The Balaban J connectivity index is 1.32. The topological polar surface area (TPSA) is 71.7 Å². The van der Waals surface area contributed by atoms with Gasteiger partial charge in [0.05, 0.1) is 13.2 Å². The fourth-order valence-electron chi connectivity index (χ4n) is 3.31. The van der Waals surface area contributed by atoms with Crippen LogP contribution in [0.4, 0.5) is 0 Å². The molecular formula is C15H22N4O3. The van der Waals surface area contributed by atoms with E-state index in [9.17, 15) is 4.79 Å². The van der Waals surface area contributed by atoms with Crippen LogP contribution in [0.1, 0.15) is 43.3 Å². The summed E-state index contributed by atoms with van der Waals surface area (Å²) in [6.07, 6.45) is 4.24. The molecule has 7 nitrogen and oxygen atoms in total. The smallest absolute Gasteiger partial charge is 0.323 e. The van der Waals surface area contributed by atoms with Crippen molar-refractivity contribution in [3.8, 4) is 0 Å². The second-order valence-corrected chi connectivity index (χ2v) is 6.46. The zero-order valence-electron chi connectivity index (χ0n) is 12.7. The Morgan fingerprint density at radius 1 is 1.14 bits per heavy atom. The van der Waals surface area contributed by atoms with Crippen LogP contribution < -0.4 is 0 Å². The number of esters is 1. The Morgan fingerprint density at radius 2 is 2.05 bits per heavy atom. The lowest BCUT2D eigenvalue weighted by Gasteiger charge is -2.24. The number of ether oxygens (including phenoxy) is 1. The highest BCUT2D eigenvalue weighted by Crippen LogP contribution is 2.38. The zero-order chi connectivity index (χ0) is 14.9. The predicted octanol–water partition coefficient (Wildman–Crippen LogP) is 0.770. The first-order valence-corrected chi connectivity index (χ1v) is 8.25. The number of nitrogens with zero attached hydrogens (tertiary/aromatic N) is 4. The third-order valence-corrected chi connectivity index (χ3v) is 4.75. The lowest BCUT2D eigenvalue weighted by Crippen LogP contribution is -2.41. The second kappa shape index (κ2) is 5.96. The molecule has 120 valence electrons. The normalized spacial score (nSPS) is 27.8. The third-order valence-electron chi connectivity index (χ3n) is 4.75. The molecule has 7 heteroatoms. The SMILES string of the molecule is O=C1OCC[C@@H]1N1CCCN(Cc2noc(C3CC3)n2)CC1. The van der Waals surface area contributed by atoms with Crippen LogP contribution >= 0.6 is 0 Å². The van der Waals surface area contributed by atoms with E-state index in [2.05, 4.69) is 19.9 Å². The summed E-state index contributed by atoms with van der Waals surface area (Å²) in [7, 11) is 0. The Kier molecular flexibility index (Phi) is 3.83. The predicted molar refractivity (Wildman–Crippen MR) is 77.1 cm³/mol. The average Bonchev–Trinajstić information content (AvgIpc) is 3.19. The van der Waals surface area contributed by atoms with E-state index in [1.54, 1.807) is 0 Å². The number of hydrogen-bond donors (Lipinski definition) is 0. The summed E-state index contributed by atoms with van der Waals surface area (Å²) in [5.74, 6) is 2.05. The van der Waals surface area contributed by atoms with Crippen molar-refractivity contribution in [1.29, 1.82) is 0 Å². The first-order valence-electron chi connectivity index (χ1n) is 8.25. The lowest BCUT2D eigenvalue weighted by atomic mass is 10.2. The molecule has 1 aromatic rings. The highest BCUT2D eigenvalue weighted by Gasteiger charge is 2.33. The molecule has 0 spiro atoms. The van der Waals surface area contributed by atoms with Crippen LogP contribution in [0.25, 0.3) is 0 Å². The molecule has 0 radical (unpaired) electrons. The molecule has 2 aliphatic heterocycles. The molecule has 4 rings (SSSR count). The monoisotopic (exact) mass is 306 g/mol. The van der Waals surface area contributed by atoms with Gasteiger partial charge >= 0.3 is 5.97 Å². The summed E-state index contributed by atoms with van der Waals surface area (Å²) in [6.45, 7) is 5.08. The fraction of sp³-hybridized carbons (Fsp3) is 0.800. The van der Waals surface area contributed by atoms with Gasteiger partial charge in [0.15, 0.2) is 5.82 Å². The third kappa shape index (κ3) is 3.01. The zero-order valence-corrected chi connectivity index (χ0v) is 12.7. The first kappa shape index (κ1) is 14.1. The largest absolute Gasteiger partial charge is 0.464 e. The van der Waals surface area contributed by atoms with E-state index in [4.69, 9.17) is 9.26 Å². The van der Waals surface area contributed by atoms with Crippen molar-refractivity contribution >= 4 is 5.97 Å². The maximum atomic E-state index is 11.7. The van der Waals surface area contributed by atoms with Crippen LogP contribution in [0.5, 0.6) is 0 Å². The van der Waals surface area contributed by atoms with Crippen molar-refractivity contribution in [2.24, 2.45) is 0 Å². The van der Waals surface area contributed by atoms with Gasteiger partial charge < -0.3 is 9.26 Å². The molecule has 0 aromatic carbocycles. The van der Waals surface area contributed by atoms with E-state index in [1.165, 1.54) is 12.8 Å². The van der Waals surface area contributed by atoms with Gasteiger partial charge in [0.25, 0.3) is 0 Å². The van der Waals surface area contributed by atoms with E-state index in [-0.39, 0.29) is 12.0 Å².